The summed E-state index contributed by atoms with van der Waals surface area (Å²) >= 11 is 3.30. The van der Waals surface area contributed by atoms with Gasteiger partial charge < -0.3 is 19.9 Å². The largest absolute Gasteiger partial charge is 0.479 e. The van der Waals surface area contributed by atoms with Crippen LogP contribution in [0, 0.1) is 0 Å². The average molecular weight is 277 g/mol. The molecular weight excluding hydrogens is 264 g/mol. The van der Waals surface area contributed by atoms with Gasteiger partial charge in [0.2, 0.25) is 11.8 Å². The second kappa shape index (κ2) is 5.77. The van der Waals surface area contributed by atoms with Gasteiger partial charge in [-0.2, -0.15) is 4.98 Å². The van der Waals surface area contributed by atoms with E-state index in [4.69, 9.17) is 19.9 Å². The molecule has 0 aliphatic heterocycles. The molecular formula is C9H13BrN2O3. The van der Waals surface area contributed by atoms with Crippen LogP contribution in [0.3, 0.4) is 0 Å². The Bertz CT molecular complexity index is 333. The van der Waals surface area contributed by atoms with E-state index in [-0.39, 0.29) is 0 Å². The van der Waals surface area contributed by atoms with E-state index in [1.165, 1.54) is 7.11 Å². The molecule has 0 bridgehead atoms. The molecule has 0 unspecified atom stereocenters. The summed E-state index contributed by atoms with van der Waals surface area (Å²) in [4.78, 5) is 4.09. The number of rotatable bonds is 5. The molecule has 6 heteroatoms. The fourth-order valence-electron chi connectivity index (χ4n) is 0.957. The van der Waals surface area contributed by atoms with Gasteiger partial charge in [0.05, 0.1) is 23.9 Å². The molecule has 0 amide bonds. The highest BCUT2D eigenvalue weighted by atomic mass is 79.9. The maximum Gasteiger partial charge on any atom is 0.240 e. The third-order valence-electron chi connectivity index (χ3n) is 1.66. The molecule has 15 heavy (non-hydrogen) atoms. The van der Waals surface area contributed by atoms with E-state index in [1.807, 2.05) is 0 Å². The maximum absolute atomic E-state index is 5.66. The molecule has 5 nitrogen and oxygen atoms in total. The highest BCUT2D eigenvalue weighted by Crippen LogP contribution is 2.30. The van der Waals surface area contributed by atoms with Crippen LogP contribution in [0.2, 0.25) is 0 Å². The van der Waals surface area contributed by atoms with Crippen LogP contribution in [0.1, 0.15) is 0 Å². The Hall–Kier alpha value is -1.01. The fourth-order valence-corrected chi connectivity index (χ4v) is 1.41. The Balaban J connectivity index is 2.78. The summed E-state index contributed by atoms with van der Waals surface area (Å²) in [6.45, 7) is 0.927. The van der Waals surface area contributed by atoms with Gasteiger partial charge >= 0.3 is 0 Å². The van der Waals surface area contributed by atoms with Crippen LogP contribution in [0.15, 0.2) is 10.5 Å². The first-order valence-corrected chi connectivity index (χ1v) is 5.10. The summed E-state index contributed by atoms with van der Waals surface area (Å²) in [5.41, 5.74) is 6.12. The van der Waals surface area contributed by atoms with Crippen LogP contribution >= 0.6 is 15.9 Å². The average Bonchev–Trinajstić information content (AvgIpc) is 2.21. The van der Waals surface area contributed by atoms with Crippen molar-refractivity contribution in [1.82, 2.24) is 4.98 Å². The molecule has 0 aliphatic carbocycles. The van der Waals surface area contributed by atoms with Gasteiger partial charge in [-0.05, 0) is 22.0 Å². The molecule has 2 N–H and O–H groups in total. The predicted molar refractivity (Wildman–Crippen MR) is 60.3 cm³/mol. The number of halogens is 1. The van der Waals surface area contributed by atoms with E-state index in [0.29, 0.717) is 35.1 Å². The molecule has 1 aromatic heterocycles. The Kier molecular flexibility index (Phi) is 4.64. The lowest BCUT2D eigenvalue weighted by atomic mass is 10.4. The zero-order valence-electron chi connectivity index (χ0n) is 8.62. The van der Waals surface area contributed by atoms with Crippen molar-refractivity contribution in [2.45, 2.75) is 0 Å². The minimum Gasteiger partial charge on any atom is -0.479 e. The smallest absolute Gasteiger partial charge is 0.240 e. The van der Waals surface area contributed by atoms with E-state index in [9.17, 15) is 0 Å². The first-order chi connectivity index (χ1) is 7.19. The molecule has 0 radical (unpaired) electrons. The highest BCUT2D eigenvalue weighted by Gasteiger charge is 2.09. The summed E-state index contributed by atoms with van der Waals surface area (Å²) in [6, 6.07) is 1.69. The normalized spacial score (nSPS) is 10.1. The molecule has 0 fully saturated rings. The number of anilines is 1. The standard InChI is InChI=1S/C9H13BrN2O3/c1-13-3-4-15-8-6(10)5-7(11)9(12-8)14-2/h5H,3-4,11H2,1-2H3. The molecule has 84 valence electrons. The third kappa shape index (κ3) is 3.24. The Morgan fingerprint density at radius 3 is 2.67 bits per heavy atom. The number of hydrogen-bond donors (Lipinski definition) is 1. The minimum absolute atomic E-state index is 0.352. The summed E-state index contributed by atoms with van der Waals surface area (Å²) in [5, 5.41) is 0. The van der Waals surface area contributed by atoms with Crippen LogP contribution in [-0.4, -0.2) is 32.4 Å². The number of aromatic nitrogens is 1. The van der Waals surface area contributed by atoms with Gasteiger partial charge in [0, 0.05) is 7.11 Å². The van der Waals surface area contributed by atoms with Gasteiger partial charge in [-0.15, -0.1) is 0 Å². The summed E-state index contributed by atoms with van der Waals surface area (Å²) in [5.74, 6) is 0.795. The highest BCUT2D eigenvalue weighted by molar-refractivity contribution is 9.10. The van der Waals surface area contributed by atoms with Crippen molar-refractivity contribution >= 4 is 21.6 Å². The molecule has 0 saturated carbocycles. The van der Waals surface area contributed by atoms with E-state index >= 15 is 0 Å². The van der Waals surface area contributed by atoms with Gasteiger partial charge in [-0.25, -0.2) is 0 Å². The van der Waals surface area contributed by atoms with Crippen molar-refractivity contribution in [2.75, 3.05) is 33.2 Å². The number of nitrogens with zero attached hydrogens (tertiary/aromatic N) is 1. The lowest BCUT2D eigenvalue weighted by Gasteiger charge is -2.09. The third-order valence-corrected chi connectivity index (χ3v) is 2.22. The number of hydrogen-bond acceptors (Lipinski definition) is 5. The van der Waals surface area contributed by atoms with Gasteiger partial charge in [0.15, 0.2) is 0 Å². The molecule has 0 aliphatic rings. The van der Waals surface area contributed by atoms with Crippen LogP contribution in [-0.2, 0) is 4.74 Å². The lowest BCUT2D eigenvalue weighted by molar-refractivity contribution is 0.143. The first kappa shape index (κ1) is 12.1. The van der Waals surface area contributed by atoms with Crippen LogP contribution in [0.5, 0.6) is 11.8 Å². The van der Waals surface area contributed by atoms with Gasteiger partial charge in [-0.1, -0.05) is 0 Å². The molecule has 1 aromatic rings. The summed E-state index contributed by atoms with van der Waals surface area (Å²) in [7, 11) is 3.11. The summed E-state index contributed by atoms with van der Waals surface area (Å²) in [6.07, 6.45) is 0. The van der Waals surface area contributed by atoms with Crippen molar-refractivity contribution < 1.29 is 14.2 Å². The number of nitrogen functional groups attached to an aromatic ring is 1. The van der Waals surface area contributed by atoms with Crippen molar-refractivity contribution in [3.63, 3.8) is 0 Å². The van der Waals surface area contributed by atoms with E-state index < -0.39 is 0 Å². The number of ether oxygens (including phenoxy) is 3. The van der Waals surface area contributed by atoms with E-state index in [1.54, 1.807) is 13.2 Å². The zero-order chi connectivity index (χ0) is 11.3. The second-order valence-electron chi connectivity index (χ2n) is 2.72. The number of nitrogens with two attached hydrogens (primary N) is 1. The molecule has 0 aromatic carbocycles. The lowest BCUT2D eigenvalue weighted by Crippen LogP contribution is -2.07. The number of pyridine rings is 1. The van der Waals surface area contributed by atoms with Crippen LogP contribution in [0.4, 0.5) is 5.69 Å². The first-order valence-electron chi connectivity index (χ1n) is 4.30. The molecule has 0 spiro atoms. The molecule has 1 rings (SSSR count). The van der Waals surface area contributed by atoms with Crippen molar-refractivity contribution in [2.24, 2.45) is 0 Å². The Labute approximate surface area is 96.7 Å². The quantitative estimate of drug-likeness (QED) is 0.825. The fraction of sp³-hybridized carbons (Fsp3) is 0.444. The van der Waals surface area contributed by atoms with E-state index in [2.05, 4.69) is 20.9 Å². The molecule has 0 atom stereocenters. The van der Waals surface area contributed by atoms with Crippen LogP contribution in [0.25, 0.3) is 0 Å². The topological polar surface area (TPSA) is 66.6 Å². The minimum atomic E-state index is 0.352. The van der Waals surface area contributed by atoms with Gasteiger partial charge in [-0.3, -0.25) is 0 Å². The zero-order valence-corrected chi connectivity index (χ0v) is 10.2. The SMILES string of the molecule is COCCOc1nc(OC)c(N)cc1Br. The van der Waals surface area contributed by atoms with Gasteiger partial charge in [0.25, 0.3) is 0 Å². The molecule has 1 heterocycles. The van der Waals surface area contributed by atoms with Gasteiger partial charge in [0.1, 0.15) is 6.61 Å². The van der Waals surface area contributed by atoms with Crippen molar-refractivity contribution in [3.05, 3.63) is 10.5 Å². The Morgan fingerprint density at radius 2 is 2.07 bits per heavy atom. The monoisotopic (exact) mass is 276 g/mol. The Morgan fingerprint density at radius 1 is 1.33 bits per heavy atom. The maximum atomic E-state index is 5.66. The van der Waals surface area contributed by atoms with Crippen molar-refractivity contribution in [1.29, 1.82) is 0 Å². The summed E-state index contributed by atoms with van der Waals surface area (Å²) < 4.78 is 15.9. The second-order valence-corrected chi connectivity index (χ2v) is 3.57. The number of methoxy groups -OCH3 is 2. The predicted octanol–water partition coefficient (Wildman–Crippen LogP) is 1.46. The molecule has 0 saturated heterocycles. The van der Waals surface area contributed by atoms with Crippen LogP contribution < -0.4 is 15.2 Å². The van der Waals surface area contributed by atoms with Crippen molar-refractivity contribution in [3.8, 4) is 11.8 Å². The van der Waals surface area contributed by atoms with E-state index in [0.717, 1.165) is 0 Å².